The van der Waals surface area contributed by atoms with Crippen molar-refractivity contribution >= 4 is 106 Å². The van der Waals surface area contributed by atoms with Crippen molar-refractivity contribution in [3.05, 3.63) is 65.7 Å². The summed E-state index contributed by atoms with van der Waals surface area (Å²) in [7, 11) is 2.14. The van der Waals surface area contributed by atoms with Gasteiger partial charge >= 0.3 is 0 Å². The lowest BCUT2D eigenvalue weighted by Gasteiger charge is -2.37. The Bertz CT molecular complexity index is 3080. The standard InChI is InChI=1S/C63H95N17O16S2/c1-80(24-26-96-27-25-80)23-8-6-12-41-35-97-36-47(72-55(87)34-70-54(86)33-69-53(85)31-65)61(93)76-45(29-39-15-17-40(81)18-16-39)59(91)75-44(28-38-10-3-2-4-11-38)58(90)73-43(19-20-50(66)82)57(89)77-46(30-51(67)83)60(92)78-48(37-98-41)63(95)79-22-9-14-49(79)62(94)74-42(13-5-7-21-64)56(88)71-32-52(68)84/h2-4,10-11,15-18,41-49H,5-9,12-14,19-37,64-65H2,1H3,(H16-,66,67,68,69,70,71,72,73,74,75,76,77,78,81,82,83,84,85,86,87,88,89,90,91,92,93,94)/p+1/t41?,42-,43-,44-,45-,46-,47-,48-,49-/m0/s1. The van der Waals surface area contributed by atoms with E-state index in [-0.39, 0.29) is 61.8 Å². The number of morpholine rings is 1. The Kier molecular flexibility index (Phi) is 34.0. The molecule has 35 heteroatoms. The Labute approximate surface area is 576 Å². The lowest BCUT2D eigenvalue weighted by Crippen LogP contribution is -2.61. The number of ether oxygens (including phenoxy) is 1. The summed E-state index contributed by atoms with van der Waals surface area (Å²) >= 11 is 2.44. The number of unbranched alkanes of at least 4 members (excludes halogenated alkanes) is 2. The van der Waals surface area contributed by atoms with Gasteiger partial charge in [-0.2, -0.15) is 23.5 Å². The number of nitrogens with two attached hydrogens (primary N) is 5. The normalized spacial score (nSPS) is 22.4. The van der Waals surface area contributed by atoms with Crippen LogP contribution in [0.3, 0.4) is 0 Å². The van der Waals surface area contributed by atoms with Gasteiger partial charge in [-0.1, -0.05) is 42.5 Å². The Morgan fingerprint density at radius 3 is 1.91 bits per heavy atom. The number of carbonyl (C=O) groups excluding carboxylic acids is 14. The molecular weight excluding hydrogens is 1310 g/mol. The van der Waals surface area contributed by atoms with E-state index < -0.39 is 182 Å². The number of quaternary nitrogens is 1. The van der Waals surface area contributed by atoms with Gasteiger partial charge in [0.15, 0.2) is 0 Å². The van der Waals surface area contributed by atoms with Crippen molar-refractivity contribution in [3.8, 4) is 5.75 Å². The number of carbonyl (C=O) groups is 14. The van der Waals surface area contributed by atoms with Gasteiger partial charge in [0.05, 0.1) is 59.4 Å². The van der Waals surface area contributed by atoms with Crippen molar-refractivity contribution in [2.24, 2.45) is 28.7 Å². The van der Waals surface area contributed by atoms with E-state index in [1.807, 2.05) is 0 Å². The number of phenols is 1. The molecule has 0 aromatic heterocycles. The lowest BCUT2D eigenvalue weighted by molar-refractivity contribution is -0.917. The number of aromatic hydroxyl groups is 1. The molecule has 3 aliphatic heterocycles. The third kappa shape index (κ3) is 28.4. The number of nitrogens with one attached hydrogen (secondary N) is 10. The molecule has 21 N–H and O–H groups in total. The predicted octanol–water partition coefficient (Wildman–Crippen LogP) is -5.88. The minimum atomic E-state index is -1.85. The highest BCUT2D eigenvalue weighted by Gasteiger charge is 2.41. The highest BCUT2D eigenvalue weighted by molar-refractivity contribution is 8.03. The summed E-state index contributed by atoms with van der Waals surface area (Å²) in [6, 6.07) is 1.94. The first-order chi connectivity index (χ1) is 46.8. The second-order valence-corrected chi connectivity index (χ2v) is 26.9. The fraction of sp³-hybridized carbons (Fsp3) is 0.587. The number of benzene rings is 2. The van der Waals surface area contributed by atoms with Crippen LogP contribution in [0.1, 0.15) is 81.8 Å². The van der Waals surface area contributed by atoms with Crippen molar-refractivity contribution in [3.63, 3.8) is 0 Å². The van der Waals surface area contributed by atoms with E-state index >= 15 is 4.79 Å². The van der Waals surface area contributed by atoms with Gasteiger partial charge in [-0.15, -0.1) is 0 Å². The zero-order valence-corrected chi connectivity index (χ0v) is 56.8. The average Bonchev–Trinajstić information content (AvgIpc) is 1.66. The fourth-order valence-corrected chi connectivity index (χ4v) is 13.8. The Morgan fingerprint density at radius 2 is 1.27 bits per heavy atom. The van der Waals surface area contributed by atoms with Crippen LogP contribution >= 0.6 is 23.5 Å². The molecule has 0 radical (unpaired) electrons. The third-order valence-electron chi connectivity index (χ3n) is 16.6. The van der Waals surface area contributed by atoms with E-state index in [1.165, 1.54) is 52.7 Å². The topological polar surface area (TPSA) is 522 Å². The SMILES string of the molecule is C[N+]1(CCCCC2CSC[C@H](NC(=O)CNC(=O)CNC(=O)CN)C(=O)N[C@@H](Cc3ccc(O)cc3)C(=O)N[C@@H](Cc3ccccc3)C(=O)N[C@@H](CCC(N)=O)C(=O)N[C@@H](CC(N)=O)C(=O)N[C@H](C(=O)N3CCC[C@H]3C(=O)N[C@@H](CCCCN)C(=O)NCC(N)=O)CS2)CCOCC1. The van der Waals surface area contributed by atoms with Gasteiger partial charge in [0.1, 0.15) is 67.2 Å². The quantitative estimate of drug-likeness (QED) is 0.0256. The van der Waals surface area contributed by atoms with Crippen LogP contribution in [0.15, 0.2) is 54.6 Å². The summed E-state index contributed by atoms with van der Waals surface area (Å²) in [5.74, 6) is -12.7. The molecule has 0 spiro atoms. The third-order valence-corrected chi connectivity index (χ3v) is 19.4. The molecule has 9 atom stereocenters. The highest BCUT2D eigenvalue weighted by Crippen LogP contribution is 2.27. The van der Waals surface area contributed by atoms with Gasteiger partial charge in [-0.25, -0.2) is 0 Å². The average molecular weight is 1410 g/mol. The summed E-state index contributed by atoms with van der Waals surface area (Å²) in [4.78, 5) is 194. The van der Waals surface area contributed by atoms with Gasteiger partial charge in [-0.3, -0.25) is 67.1 Å². The number of amides is 14. The summed E-state index contributed by atoms with van der Waals surface area (Å²) < 4.78 is 6.39. The first-order valence-electron chi connectivity index (χ1n) is 32.7. The Hall–Kier alpha value is -8.64. The van der Waals surface area contributed by atoms with Crippen LogP contribution in [0.5, 0.6) is 5.75 Å². The van der Waals surface area contributed by atoms with Gasteiger partial charge in [0, 0.05) is 48.3 Å². The lowest BCUT2D eigenvalue weighted by atomic mass is 10.0. The van der Waals surface area contributed by atoms with E-state index in [9.17, 15) is 67.4 Å². The number of hydrogen-bond acceptors (Lipinski definition) is 20. The van der Waals surface area contributed by atoms with Crippen LogP contribution < -0.4 is 81.8 Å². The Balaban J connectivity index is 1.62. The highest BCUT2D eigenvalue weighted by atomic mass is 32.2. The Morgan fingerprint density at radius 1 is 0.653 bits per heavy atom. The fourth-order valence-electron chi connectivity index (χ4n) is 11.0. The van der Waals surface area contributed by atoms with Gasteiger partial charge in [0.2, 0.25) is 82.7 Å². The molecule has 14 amide bonds. The van der Waals surface area contributed by atoms with Crippen molar-refractivity contribution in [1.29, 1.82) is 0 Å². The number of thioether (sulfide) groups is 2. The van der Waals surface area contributed by atoms with Gasteiger partial charge in [-0.05, 0) is 87.6 Å². The van der Waals surface area contributed by atoms with Crippen molar-refractivity contribution < 1.29 is 81.4 Å². The number of likely N-dealkylation sites (N-methyl/N-ethyl adjacent to an activating group) is 1. The van der Waals surface area contributed by atoms with Crippen molar-refractivity contribution in [2.75, 3.05) is 96.4 Å². The van der Waals surface area contributed by atoms with E-state index in [2.05, 4.69) is 60.2 Å². The molecule has 3 aliphatic rings. The number of nitrogens with zero attached hydrogens (tertiary/aromatic N) is 2. The maximum Gasteiger partial charge on any atom is 0.246 e. The molecule has 0 aliphatic carbocycles. The summed E-state index contributed by atoms with van der Waals surface area (Å²) in [5, 5.41) is 35.4. The van der Waals surface area contributed by atoms with E-state index in [0.717, 1.165) is 30.5 Å². The summed E-state index contributed by atoms with van der Waals surface area (Å²) in [5.41, 5.74) is 28.6. The van der Waals surface area contributed by atoms with E-state index in [0.29, 0.717) is 56.4 Å². The molecule has 33 nitrogen and oxygen atoms in total. The number of hydrogen-bond donors (Lipinski definition) is 16. The first kappa shape index (κ1) is 80.0. The number of rotatable bonds is 30. The molecule has 540 valence electrons. The largest absolute Gasteiger partial charge is 0.508 e. The second-order valence-electron chi connectivity index (χ2n) is 24.5. The maximum atomic E-state index is 15.3. The van der Waals surface area contributed by atoms with Crippen LogP contribution in [0.2, 0.25) is 0 Å². The van der Waals surface area contributed by atoms with Crippen molar-refractivity contribution in [1.82, 2.24) is 58.1 Å². The minimum absolute atomic E-state index is 0.00504. The molecule has 98 heavy (non-hydrogen) atoms. The van der Waals surface area contributed by atoms with E-state index in [1.54, 1.807) is 30.3 Å². The monoisotopic (exact) mass is 1410 g/mol. The number of primary amides is 3. The molecule has 0 bridgehead atoms. The van der Waals surface area contributed by atoms with E-state index in [4.69, 9.17) is 33.4 Å². The predicted molar refractivity (Wildman–Crippen MR) is 362 cm³/mol. The van der Waals surface area contributed by atoms with Crippen LogP contribution in [0.4, 0.5) is 0 Å². The molecule has 2 aromatic carbocycles. The maximum absolute atomic E-state index is 15.3. The van der Waals surface area contributed by atoms with Crippen LogP contribution in [-0.4, -0.2) is 247 Å². The zero-order valence-electron chi connectivity index (χ0n) is 55.2. The van der Waals surface area contributed by atoms with Gasteiger partial charge < -0.3 is 101 Å². The molecular formula is C63H96N17O16S2+. The molecule has 3 heterocycles. The zero-order chi connectivity index (χ0) is 71.7. The van der Waals surface area contributed by atoms with Crippen LogP contribution in [0, 0.1) is 0 Å². The molecule has 2 aromatic rings. The first-order valence-corrected chi connectivity index (χ1v) is 34.9. The smallest absolute Gasteiger partial charge is 0.246 e. The van der Waals surface area contributed by atoms with Crippen LogP contribution in [-0.2, 0) is 84.7 Å². The second kappa shape index (κ2) is 41.6. The molecule has 3 saturated heterocycles. The number of likely N-dealkylation sites (tertiary alicyclic amines) is 1. The summed E-state index contributed by atoms with van der Waals surface area (Å²) in [6.07, 6.45) is 0.886. The molecule has 5 rings (SSSR count). The summed E-state index contributed by atoms with van der Waals surface area (Å²) in [6.45, 7) is 1.70. The van der Waals surface area contributed by atoms with Crippen LogP contribution in [0.25, 0.3) is 0 Å². The van der Waals surface area contributed by atoms with Crippen molar-refractivity contribution in [2.45, 2.75) is 137 Å². The van der Waals surface area contributed by atoms with Gasteiger partial charge in [0.25, 0.3) is 0 Å². The molecule has 0 saturated carbocycles. The number of phenolic OH excluding ortho intramolecular Hbond substituents is 1. The minimum Gasteiger partial charge on any atom is -0.508 e. The molecule has 1 unspecified atom stereocenters. The molecule has 3 fully saturated rings.